The number of esters is 1. The molecule has 5 heterocycles. The van der Waals surface area contributed by atoms with E-state index in [0.29, 0.717) is 41.1 Å². The highest BCUT2D eigenvalue weighted by molar-refractivity contribution is 6.00. The molecule has 6 aromatic rings. The van der Waals surface area contributed by atoms with Gasteiger partial charge in [0, 0.05) is 41.6 Å². The average Bonchev–Trinajstić information content (AvgIpc) is 1.75. The number of aryl methyl sites for hydroxylation is 1. The lowest BCUT2D eigenvalue weighted by atomic mass is 9.85. The Hall–Kier alpha value is -9.25. The third-order valence-electron chi connectivity index (χ3n) is 15.4. The van der Waals surface area contributed by atoms with Crippen LogP contribution < -0.4 is 31.7 Å². The number of carbonyl (C=O) groups excluding carboxylic acids is 7. The predicted octanol–water partition coefficient (Wildman–Crippen LogP) is 6.96. The number of pyridine rings is 2. The third-order valence-corrected chi connectivity index (χ3v) is 15.4. The van der Waals surface area contributed by atoms with Gasteiger partial charge in [-0.3, -0.25) is 28.8 Å². The van der Waals surface area contributed by atoms with Crippen molar-refractivity contribution in [2.24, 2.45) is 5.92 Å². The lowest BCUT2D eigenvalue weighted by Crippen LogP contribution is -2.54. The number of para-hydroxylation sites is 1. The van der Waals surface area contributed by atoms with Crippen LogP contribution in [0.4, 0.5) is 16.2 Å². The summed E-state index contributed by atoms with van der Waals surface area (Å²) in [6, 6.07) is 26.5. The average molecular weight is 1190 g/mol. The van der Waals surface area contributed by atoms with Crippen molar-refractivity contribution >= 4 is 76.1 Å². The van der Waals surface area contributed by atoms with Crippen LogP contribution in [0.2, 0.25) is 0 Å². The highest BCUT2D eigenvalue weighted by Crippen LogP contribution is 2.43. The van der Waals surface area contributed by atoms with Gasteiger partial charge in [-0.1, -0.05) is 94.4 Å². The summed E-state index contributed by atoms with van der Waals surface area (Å²) in [5, 5.41) is 21.8. The Labute approximate surface area is 502 Å². The maximum Gasteiger partial charge on any atom is 0.510 e. The van der Waals surface area contributed by atoms with E-state index in [1.807, 2.05) is 67.6 Å². The first kappa shape index (κ1) is 62.3. The molecule has 0 fully saturated rings. The first-order chi connectivity index (χ1) is 42.0. The van der Waals surface area contributed by atoms with Gasteiger partial charge < -0.3 is 64.3 Å². The normalized spacial score (nSPS) is 15.7. The molecule has 0 aliphatic carbocycles. The molecule has 5 amide bonds. The zero-order chi connectivity index (χ0) is 61.8. The number of anilines is 2. The summed E-state index contributed by atoms with van der Waals surface area (Å²) in [7, 11) is 0. The molecular formula is C65H71N7O15. The number of nitrogens with one attached hydrogen (secondary N) is 4. The van der Waals surface area contributed by atoms with Crippen molar-refractivity contribution in [2.75, 3.05) is 56.4 Å². The Morgan fingerprint density at radius 2 is 1.47 bits per heavy atom. The largest absolute Gasteiger partial charge is 0.510 e. The molecule has 3 aliphatic rings. The monoisotopic (exact) mass is 1190 g/mol. The lowest BCUT2D eigenvalue weighted by Gasteiger charge is -2.35. The second-order valence-electron chi connectivity index (χ2n) is 21.6. The van der Waals surface area contributed by atoms with Crippen molar-refractivity contribution < 1.29 is 67.1 Å². The zero-order valence-corrected chi connectivity index (χ0v) is 49.2. The van der Waals surface area contributed by atoms with Crippen molar-refractivity contribution in [3.8, 4) is 17.1 Å². The minimum Gasteiger partial charge on any atom is -0.508 e. The lowest BCUT2D eigenvalue weighted by molar-refractivity contribution is -0.175. The molecule has 0 spiro atoms. The fraction of sp³-hybridized carbons (Fsp3) is 0.369. The summed E-state index contributed by atoms with van der Waals surface area (Å²) in [6.45, 7) is 9.52. The topological polar surface area (TPSA) is 281 Å². The standard InChI is InChI=1S/C65H71N7O15/c1-6-47-48-32-46(73)22-23-52(48)69-59-49(47)35-72-54(59)33-51-50(62(72)79)37-85-63(80)65(51,7-2)87-64(81)86-36-41-16-20-45(21-17-41)68-60(77)40(5)67-61(78)58(39(3)4)70-56(75)38-84-31-30-83-29-28-82-27-26-66-55(74)24-25-57(76)71-34-44-14-9-8-12-42(44)18-19-43-13-10-11-15-53(43)71/h8-23,32-33,39-40,58,73H,6-7,24-31,34-38H2,1-5H3,(H,66,74)(H,67,78)(H,68,77)(H,70,75)/b19-18-/t40-,58-,65-/m0/s1. The number of aromatic hydroxyl groups is 1. The van der Waals surface area contributed by atoms with Gasteiger partial charge in [0.2, 0.25) is 35.1 Å². The summed E-state index contributed by atoms with van der Waals surface area (Å²) in [4.78, 5) is 113. The number of hydrogen-bond donors (Lipinski definition) is 5. The van der Waals surface area contributed by atoms with Gasteiger partial charge in [-0.05, 0) is 96.0 Å². The Bertz CT molecular complexity index is 3670. The summed E-state index contributed by atoms with van der Waals surface area (Å²) in [6.07, 6.45) is 3.47. The van der Waals surface area contributed by atoms with Crippen LogP contribution in [-0.2, 0) is 95.5 Å². The first-order valence-corrected chi connectivity index (χ1v) is 29.1. The molecule has 456 valence electrons. The van der Waals surface area contributed by atoms with E-state index in [1.54, 1.807) is 78.8 Å². The van der Waals surface area contributed by atoms with Crippen LogP contribution in [0.1, 0.15) is 98.4 Å². The highest BCUT2D eigenvalue weighted by atomic mass is 16.7. The number of benzene rings is 4. The number of amides is 5. The van der Waals surface area contributed by atoms with Crippen molar-refractivity contribution in [1.82, 2.24) is 25.5 Å². The van der Waals surface area contributed by atoms with Crippen molar-refractivity contribution in [2.45, 2.75) is 104 Å². The number of nitrogens with zero attached hydrogens (tertiary/aromatic N) is 3. The Morgan fingerprint density at radius 3 is 2.22 bits per heavy atom. The van der Waals surface area contributed by atoms with Gasteiger partial charge in [0.05, 0.1) is 74.3 Å². The molecule has 0 saturated carbocycles. The summed E-state index contributed by atoms with van der Waals surface area (Å²) >= 11 is 0. The minimum absolute atomic E-state index is 0.0325. The Balaban J connectivity index is 0.648. The molecule has 3 atom stereocenters. The van der Waals surface area contributed by atoms with E-state index in [4.69, 9.17) is 33.4 Å². The predicted molar refractivity (Wildman–Crippen MR) is 322 cm³/mol. The molecule has 22 heteroatoms. The molecule has 9 rings (SSSR count). The van der Waals surface area contributed by atoms with Crippen LogP contribution in [-0.4, -0.2) is 115 Å². The fourth-order valence-electron chi connectivity index (χ4n) is 10.8. The van der Waals surface area contributed by atoms with E-state index >= 15 is 0 Å². The van der Waals surface area contributed by atoms with Crippen LogP contribution in [0.25, 0.3) is 34.4 Å². The maximum atomic E-state index is 14.1. The van der Waals surface area contributed by atoms with Gasteiger partial charge >= 0.3 is 12.1 Å². The highest BCUT2D eigenvalue weighted by Gasteiger charge is 2.51. The number of ether oxygens (including phenoxy) is 6. The van der Waals surface area contributed by atoms with Crippen LogP contribution in [0.15, 0.2) is 102 Å². The number of hydrogen-bond acceptors (Lipinski definition) is 16. The quantitative estimate of drug-likeness (QED) is 0.0286. The maximum absolute atomic E-state index is 14.1. The molecule has 22 nitrogen and oxygen atoms in total. The molecule has 0 saturated heterocycles. The van der Waals surface area contributed by atoms with Crippen LogP contribution in [0.3, 0.4) is 0 Å². The first-order valence-electron chi connectivity index (χ1n) is 29.1. The number of phenols is 1. The molecule has 5 N–H and O–H groups in total. The molecule has 0 bridgehead atoms. The number of cyclic esters (lactones) is 1. The van der Waals surface area contributed by atoms with E-state index in [2.05, 4.69) is 21.3 Å². The van der Waals surface area contributed by atoms with Gasteiger partial charge in [-0.25, -0.2) is 14.6 Å². The van der Waals surface area contributed by atoms with Gasteiger partial charge in [-0.15, -0.1) is 0 Å². The number of carbonyl (C=O) groups is 7. The van der Waals surface area contributed by atoms with Gasteiger partial charge in [0.25, 0.3) is 5.56 Å². The molecule has 0 radical (unpaired) electrons. The number of rotatable bonds is 25. The summed E-state index contributed by atoms with van der Waals surface area (Å²) in [5.41, 5.74) is 5.96. The van der Waals surface area contributed by atoms with Crippen LogP contribution >= 0.6 is 0 Å². The van der Waals surface area contributed by atoms with Crippen molar-refractivity contribution in [3.63, 3.8) is 0 Å². The van der Waals surface area contributed by atoms with E-state index in [-0.39, 0.29) is 120 Å². The van der Waals surface area contributed by atoms with Crippen LogP contribution in [0.5, 0.6) is 5.75 Å². The molecule has 3 aliphatic heterocycles. The molecule has 87 heavy (non-hydrogen) atoms. The van der Waals surface area contributed by atoms with Crippen molar-refractivity contribution in [1.29, 1.82) is 0 Å². The third kappa shape index (κ3) is 14.5. The SMILES string of the molecule is CCc1c2c(nc3ccc(O)cc13)-c1cc3c(c(=O)n1C2)COC(=O)[C@@]3(CC)OC(=O)OCc1ccc(NC(=O)[C@H](C)NC(=O)[C@@H](NC(=O)COCCOCCOCCNC(=O)CCC(=O)N2Cc3ccccc3/C=C\c3ccccc32)C(C)C)cc1. The van der Waals surface area contributed by atoms with Gasteiger partial charge in [0.1, 0.15) is 37.7 Å². The Morgan fingerprint density at radius 1 is 0.759 bits per heavy atom. The van der Waals surface area contributed by atoms with Crippen LogP contribution in [0, 0.1) is 5.92 Å². The molecule has 0 unspecified atom stereocenters. The number of phenolic OH excluding ortho intramolecular Hbond substituents is 1. The number of aromatic nitrogens is 2. The van der Waals surface area contributed by atoms with Crippen molar-refractivity contribution in [3.05, 3.63) is 152 Å². The second-order valence-corrected chi connectivity index (χ2v) is 21.6. The zero-order valence-electron chi connectivity index (χ0n) is 49.2. The van der Waals surface area contributed by atoms with Gasteiger partial charge in [-0.2, -0.15) is 0 Å². The minimum atomic E-state index is -2.00. The fourth-order valence-corrected chi connectivity index (χ4v) is 10.8. The second kappa shape index (κ2) is 28.3. The smallest absolute Gasteiger partial charge is 0.508 e. The number of fused-ring (bicyclic) bond motifs is 7. The molecular weight excluding hydrogens is 1120 g/mol. The summed E-state index contributed by atoms with van der Waals surface area (Å²) < 4.78 is 34.9. The van der Waals surface area contributed by atoms with Gasteiger partial charge in [0.15, 0.2) is 0 Å². The summed E-state index contributed by atoms with van der Waals surface area (Å²) in [5.74, 6) is -3.18. The Kier molecular flexibility index (Phi) is 20.3. The van der Waals surface area contributed by atoms with E-state index in [1.165, 1.54) is 6.92 Å². The van der Waals surface area contributed by atoms with E-state index in [0.717, 1.165) is 38.9 Å². The van der Waals surface area contributed by atoms with E-state index in [9.17, 15) is 43.5 Å². The molecule has 2 aromatic heterocycles. The molecule has 4 aromatic carbocycles. The van der Waals surface area contributed by atoms with E-state index < -0.39 is 53.1 Å².